The Labute approximate surface area is 163 Å². The monoisotopic (exact) mass is 403 g/mol. The molecular weight excluding hydrogens is 385 g/mol. The summed E-state index contributed by atoms with van der Waals surface area (Å²) >= 11 is 1.22. The summed E-state index contributed by atoms with van der Waals surface area (Å²) in [6, 6.07) is 6.42. The summed E-state index contributed by atoms with van der Waals surface area (Å²) < 4.78 is 16.1. The average molecular weight is 403 g/mol. The number of Topliss-reactive ketones (excluding diaryl/α,β-unsaturated/α-hetero) is 1. The maximum Gasteiger partial charge on any atom is 0.340 e. The van der Waals surface area contributed by atoms with E-state index < -0.39 is 17.9 Å². The second-order valence-electron chi connectivity index (χ2n) is 6.11. The van der Waals surface area contributed by atoms with Gasteiger partial charge in [0.25, 0.3) is 0 Å². The van der Waals surface area contributed by atoms with Crippen molar-refractivity contribution in [3.05, 3.63) is 52.7 Å². The van der Waals surface area contributed by atoms with Crippen molar-refractivity contribution >= 4 is 28.9 Å². The summed E-state index contributed by atoms with van der Waals surface area (Å²) in [6.07, 6.45) is 0.627. The van der Waals surface area contributed by atoms with Gasteiger partial charge in [-0.05, 0) is 31.2 Å². The van der Waals surface area contributed by atoms with Crippen LogP contribution in [0.5, 0.6) is 5.75 Å². The molecule has 0 spiro atoms. The molecule has 3 rings (SSSR count). The van der Waals surface area contributed by atoms with Crippen LogP contribution in [0.25, 0.3) is 10.6 Å². The maximum atomic E-state index is 14.7. The van der Waals surface area contributed by atoms with Crippen molar-refractivity contribution in [2.45, 2.75) is 26.1 Å². The highest BCUT2D eigenvalue weighted by atomic mass is 32.1. The third-order valence-corrected chi connectivity index (χ3v) is 5.34. The summed E-state index contributed by atoms with van der Waals surface area (Å²) in [6.45, 7) is 2.10. The van der Waals surface area contributed by atoms with Crippen LogP contribution in [0.4, 0.5) is 10.2 Å². The van der Waals surface area contributed by atoms with Crippen molar-refractivity contribution in [2.24, 2.45) is 0 Å². The quantitative estimate of drug-likeness (QED) is 0.521. The Morgan fingerprint density at radius 2 is 2.00 bits per heavy atom. The van der Waals surface area contributed by atoms with Gasteiger partial charge in [-0.15, -0.1) is 11.3 Å². The lowest BCUT2D eigenvalue weighted by Gasteiger charge is -2.05. The fraction of sp³-hybridized carbons (Fsp3) is 0.211. The van der Waals surface area contributed by atoms with Crippen molar-refractivity contribution in [1.82, 2.24) is 9.55 Å². The van der Waals surface area contributed by atoms with E-state index in [1.807, 2.05) is 0 Å². The first-order valence-corrected chi connectivity index (χ1v) is 9.27. The molecule has 0 bridgehead atoms. The molecule has 1 atom stereocenters. The number of thiazole rings is 1. The van der Waals surface area contributed by atoms with Crippen LogP contribution in [0.3, 0.4) is 0 Å². The highest BCUT2D eigenvalue weighted by molar-refractivity contribution is 7.15. The molecule has 2 aromatic heterocycles. The second-order valence-corrected chi connectivity index (χ2v) is 7.22. The van der Waals surface area contributed by atoms with Crippen LogP contribution in [0.15, 0.2) is 36.7 Å². The molecule has 0 fully saturated rings. The number of alkyl halides is 1. The number of aromatic carboxylic acids is 1. The number of carbonyl (C=O) groups excluding carboxylic acids is 1. The Hall–Kier alpha value is -3.20. The number of carboxylic acids is 1. The third kappa shape index (κ3) is 3.74. The number of aryl methyl sites for hydroxylation is 1. The Bertz CT molecular complexity index is 1030. The molecule has 28 heavy (non-hydrogen) atoms. The zero-order valence-corrected chi connectivity index (χ0v) is 15.7. The van der Waals surface area contributed by atoms with E-state index in [1.54, 1.807) is 19.1 Å². The first-order chi connectivity index (χ1) is 13.3. The number of hydrogen-bond acceptors (Lipinski definition) is 6. The molecule has 146 valence electrons. The van der Waals surface area contributed by atoms with Gasteiger partial charge < -0.3 is 20.5 Å². The fourth-order valence-corrected chi connectivity index (χ4v) is 3.76. The van der Waals surface area contributed by atoms with E-state index in [4.69, 9.17) is 5.73 Å². The molecule has 0 saturated carbocycles. The number of aromatic hydroxyl groups is 1. The molecule has 0 saturated heterocycles. The number of rotatable bonds is 7. The van der Waals surface area contributed by atoms with E-state index >= 15 is 0 Å². The van der Waals surface area contributed by atoms with E-state index in [0.29, 0.717) is 16.4 Å². The minimum atomic E-state index is -1.92. The number of hydrogen-bond donors (Lipinski definition) is 3. The van der Waals surface area contributed by atoms with Gasteiger partial charge in [0.1, 0.15) is 22.1 Å². The van der Waals surface area contributed by atoms with Crippen molar-refractivity contribution in [1.29, 1.82) is 0 Å². The predicted octanol–water partition coefficient (Wildman–Crippen LogP) is 3.38. The van der Waals surface area contributed by atoms with Gasteiger partial charge in [0, 0.05) is 35.8 Å². The predicted molar refractivity (Wildman–Crippen MR) is 104 cm³/mol. The number of phenolic OH excluding ortho intramolecular Hbond substituents is 1. The first kappa shape index (κ1) is 19.6. The van der Waals surface area contributed by atoms with Gasteiger partial charge in [-0.3, -0.25) is 4.79 Å². The van der Waals surface area contributed by atoms with Crippen LogP contribution in [0.1, 0.15) is 32.5 Å². The number of nitrogens with two attached hydrogens (primary N) is 1. The molecule has 0 aliphatic carbocycles. The Balaban J connectivity index is 1.80. The molecule has 0 aliphatic heterocycles. The van der Waals surface area contributed by atoms with Gasteiger partial charge in [-0.1, -0.05) is 0 Å². The fourth-order valence-electron chi connectivity index (χ4n) is 2.82. The van der Waals surface area contributed by atoms with Crippen LogP contribution >= 0.6 is 11.3 Å². The average Bonchev–Trinajstić information content (AvgIpc) is 3.25. The topological polar surface area (TPSA) is 118 Å². The Morgan fingerprint density at radius 1 is 1.32 bits per heavy atom. The lowest BCUT2D eigenvalue weighted by Crippen LogP contribution is -2.20. The molecule has 0 aliphatic rings. The standard InChI is InChI=1S/C19H18FN3O4S/c1-2-23-9-13(15(17(23)21)19(26)27)16(25)14(20)7-12-8-22-18(28-12)10-3-5-11(24)6-4-10/h3-6,8-9,14,24H,2,7,21H2,1H3,(H,26,27). The van der Waals surface area contributed by atoms with Gasteiger partial charge in [0.15, 0.2) is 12.0 Å². The molecule has 2 heterocycles. The number of nitrogens with zero attached hydrogens (tertiary/aromatic N) is 2. The number of aromatic nitrogens is 2. The van der Waals surface area contributed by atoms with Gasteiger partial charge in [0.05, 0.1) is 5.56 Å². The smallest absolute Gasteiger partial charge is 0.340 e. The molecule has 1 unspecified atom stereocenters. The van der Waals surface area contributed by atoms with Crippen LogP contribution in [-0.2, 0) is 13.0 Å². The minimum Gasteiger partial charge on any atom is -0.508 e. The number of anilines is 1. The molecular formula is C19H18FN3O4S. The number of ketones is 1. The van der Waals surface area contributed by atoms with Crippen LogP contribution < -0.4 is 5.73 Å². The molecule has 7 nitrogen and oxygen atoms in total. The lowest BCUT2D eigenvalue weighted by molar-refractivity contribution is 0.0690. The maximum absolute atomic E-state index is 14.7. The number of phenols is 1. The second kappa shape index (κ2) is 7.81. The molecule has 4 N–H and O–H groups in total. The Kier molecular flexibility index (Phi) is 5.46. The molecule has 1 aromatic carbocycles. The lowest BCUT2D eigenvalue weighted by atomic mass is 10.0. The van der Waals surface area contributed by atoms with E-state index in [0.717, 1.165) is 5.56 Å². The normalized spacial score (nSPS) is 12.1. The van der Waals surface area contributed by atoms with Crippen molar-refractivity contribution in [3.63, 3.8) is 0 Å². The molecule has 0 radical (unpaired) electrons. The summed E-state index contributed by atoms with van der Waals surface area (Å²) in [5, 5.41) is 19.3. The number of halogens is 1. The summed E-state index contributed by atoms with van der Waals surface area (Å²) in [4.78, 5) is 28.7. The van der Waals surface area contributed by atoms with E-state index in [9.17, 15) is 24.2 Å². The minimum absolute atomic E-state index is 0.0713. The first-order valence-electron chi connectivity index (χ1n) is 8.46. The van der Waals surface area contributed by atoms with Crippen molar-refractivity contribution in [3.8, 4) is 16.3 Å². The zero-order valence-electron chi connectivity index (χ0n) is 14.9. The van der Waals surface area contributed by atoms with Gasteiger partial charge >= 0.3 is 5.97 Å². The number of carboxylic acid groups (broad SMARTS) is 1. The van der Waals surface area contributed by atoms with E-state index in [2.05, 4.69) is 4.98 Å². The summed E-state index contributed by atoms with van der Waals surface area (Å²) in [7, 11) is 0. The van der Waals surface area contributed by atoms with Gasteiger partial charge in [-0.25, -0.2) is 14.2 Å². The SMILES string of the molecule is CCn1cc(C(=O)C(F)Cc2cnc(-c3ccc(O)cc3)s2)c(C(=O)O)c1N. The van der Waals surface area contributed by atoms with Crippen molar-refractivity contribution in [2.75, 3.05) is 5.73 Å². The van der Waals surface area contributed by atoms with E-state index in [1.165, 1.54) is 40.4 Å². The third-order valence-electron chi connectivity index (χ3n) is 4.27. The van der Waals surface area contributed by atoms with Crippen LogP contribution in [0.2, 0.25) is 0 Å². The number of benzene rings is 1. The van der Waals surface area contributed by atoms with Crippen molar-refractivity contribution < 1.29 is 24.2 Å². The highest BCUT2D eigenvalue weighted by Crippen LogP contribution is 2.29. The summed E-state index contributed by atoms with van der Waals surface area (Å²) in [5.41, 5.74) is 5.92. The highest BCUT2D eigenvalue weighted by Gasteiger charge is 2.29. The summed E-state index contributed by atoms with van der Waals surface area (Å²) in [5.74, 6) is -2.23. The van der Waals surface area contributed by atoms with Crippen LogP contribution in [-0.4, -0.2) is 37.7 Å². The number of carbonyl (C=O) groups is 2. The largest absolute Gasteiger partial charge is 0.508 e. The van der Waals surface area contributed by atoms with Crippen LogP contribution in [0, 0.1) is 0 Å². The van der Waals surface area contributed by atoms with E-state index in [-0.39, 0.29) is 29.1 Å². The van der Waals surface area contributed by atoms with Gasteiger partial charge in [-0.2, -0.15) is 0 Å². The molecule has 0 amide bonds. The van der Waals surface area contributed by atoms with Gasteiger partial charge in [0.2, 0.25) is 0 Å². The molecule has 3 aromatic rings. The zero-order chi connectivity index (χ0) is 20.4. The molecule has 9 heteroatoms. The Morgan fingerprint density at radius 3 is 2.61 bits per heavy atom. The number of nitrogen functional groups attached to an aromatic ring is 1.